The van der Waals surface area contributed by atoms with Gasteiger partial charge in [-0.15, -0.1) is 11.3 Å². The van der Waals surface area contributed by atoms with Crippen LogP contribution >= 0.6 is 23.1 Å². The first-order valence-electron chi connectivity index (χ1n) is 5.01. The van der Waals surface area contributed by atoms with Gasteiger partial charge in [-0.2, -0.15) is 0 Å². The fourth-order valence-corrected chi connectivity index (χ4v) is 2.39. The number of aryl methyl sites for hydroxylation is 1. The highest BCUT2D eigenvalue weighted by atomic mass is 32.2. The fraction of sp³-hybridized carbons (Fsp3) is 0.300. The van der Waals surface area contributed by atoms with Crippen molar-refractivity contribution in [3.8, 4) is 0 Å². The van der Waals surface area contributed by atoms with Crippen LogP contribution < -0.4 is 11.1 Å². The summed E-state index contributed by atoms with van der Waals surface area (Å²) in [7, 11) is 0. The van der Waals surface area contributed by atoms with Gasteiger partial charge < -0.3 is 11.1 Å². The average Bonchev–Trinajstić information content (AvgIpc) is 2.72. The third-order valence-electron chi connectivity index (χ3n) is 2.00. The van der Waals surface area contributed by atoms with Crippen LogP contribution in [0.3, 0.4) is 0 Å². The molecule has 2 aromatic heterocycles. The van der Waals surface area contributed by atoms with Crippen LogP contribution in [0.15, 0.2) is 17.4 Å². The van der Waals surface area contributed by atoms with Crippen LogP contribution in [-0.4, -0.2) is 21.2 Å². The maximum absolute atomic E-state index is 5.69. The van der Waals surface area contributed by atoms with Gasteiger partial charge in [0.2, 0.25) is 0 Å². The highest BCUT2D eigenvalue weighted by molar-refractivity contribution is 7.98. The zero-order valence-electron chi connectivity index (χ0n) is 9.60. The summed E-state index contributed by atoms with van der Waals surface area (Å²) in [4.78, 5) is 13.9. The van der Waals surface area contributed by atoms with Crippen molar-refractivity contribution < 1.29 is 0 Å². The van der Waals surface area contributed by atoms with Crippen LogP contribution in [0.4, 0.5) is 11.6 Å². The summed E-state index contributed by atoms with van der Waals surface area (Å²) in [5.41, 5.74) is 5.69. The molecule has 17 heavy (non-hydrogen) atoms. The number of nitrogen functional groups attached to an aromatic ring is 1. The Labute approximate surface area is 108 Å². The zero-order valence-corrected chi connectivity index (χ0v) is 11.2. The zero-order chi connectivity index (χ0) is 12.3. The fourth-order valence-electron chi connectivity index (χ4n) is 1.27. The third kappa shape index (κ3) is 3.31. The molecule has 0 saturated carbocycles. The molecule has 0 radical (unpaired) electrons. The highest BCUT2D eigenvalue weighted by Gasteiger charge is 2.03. The smallest absolute Gasteiger partial charge is 0.191 e. The van der Waals surface area contributed by atoms with Crippen molar-refractivity contribution in [2.24, 2.45) is 0 Å². The number of nitrogens with two attached hydrogens (primary N) is 1. The largest absolute Gasteiger partial charge is 0.383 e. The topological polar surface area (TPSA) is 76.7 Å². The lowest BCUT2D eigenvalue weighted by molar-refractivity contribution is 0.960. The SMILES string of the molecule is CSc1nc(N)cc(NCc2ncc(C)s2)n1. The van der Waals surface area contributed by atoms with Gasteiger partial charge in [0.15, 0.2) is 5.16 Å². The monoisotopic (exact) mass is 267 g/mol. The maximum atomic E-state index is 5.69. The number of rotatable bonds is 4. The molecule has 0 saturated heterocycles. The van der Waals surface area contributed by atoms with E-state index in [0.717, 1.165) is 10.8 Å². The molecule has 2 aromatic rings. The van der Waals surface area contributed by atoms with Gasteiger partial charge >= 0.3 is 0 Å². The first-order valence-corrected chi connectivity index (χ1v) is 7.05. The van der Waals surface area contributed by atoms with Gasteiger partial charge in [-0.3, -0.25) is 0 Å². The quantitative estimate of drug-likeness (QED) is 0.653. The summed E-state index contributed by atoms with van der Waals surface area (Å²) >= 11 is 3.14. The molecule has 2 heterocycles. The predicted molar refractivity (Wildman–Crippen MR) is 72.4 cm³/mol. The minimum Gasteiger partial charge on any atom is -0.383 e. The summed E-state index contributed by atoms with van der Waals surface area (Å²) < 4.78 is 0. The number of hydrogen-bond acceptors (Lipinski definition) is 7. The molecule has 0 fully saturated rings. The van der Waals surface area contributed by atoms with Gasteiger partial charge in [0.1, 0.15) is 16.6 Å². The van der Waals surface area contributed by atoms with E-state index in [9.17, 15) is 0 Å². The van der Waals surface area contributed by atoms with Crippen LogP contribution in [0.5, 0.6) is 0 Å². The molecule has 0 aromatic carbocycles. The first-order chi connectivity index (χ1) is 8.17. The number of hydrogen-bond donors (Lipinski definition) is 2. The van der Waals surface area contributed by atoms with Crippen molar-refractivity contribution in [1.29, 1.82) is 0 Å². The number of nitrogens with one attached hydrogen (secondary N) is 1. The Hall–Kier alpha value is -1.34. The molecular formula is C10H13N5S2. The average molecular weight is 267 g/mol. The first kappa shape index (κ1) is 12.1. The van der Waals surface area contributed by atoms with E-state index >= 15 is 0 Å². The molecule has 3 N–H and O–H groups in total. The lowest BCUT2D eigenvalue weighted by Crippen LogP contribution is -2.04. The second kappa shape index (κ2) is 5.33. The van der Waals surface area contributed by atoms with E-state index in [-0.39, 0.29) is 0 Å². The number of thiazole rings is 1. The molecule has 2 rings (SSSR count). The lowest BCUT2D eigenvalue weighted by atomic mass is 10.5. The second-order valence-corrected chi connectivity index (χ2v) is 5.48. The van der Waals surface area contributed by atoms with Crippen molar-refractivity contribution in [3.05, 3.63) is 22.1 Å². The van der Waals surface area contributed by atoms with Crippen LogP contribution in [0.25, 0.3) is 0 Å². The molecule has 7 heteroatoms. The Morgan fingerprint density at radius 2 is 2.29 bits per heavy atom. The summed E-state index contributed by atoms with van der Waals surface area (Å²) in [6.07, 6.45) is 3.78. The molecule has 0 aliphatic carbocycles. The summed E-state index contributed by atoms with van der Waals surface area (Å²) in [6.45, 7) is 2.69. The summed E-state index contributed by atoms with van der Waals surface area (Å²) in [5, 5.41) is 4.90. The van der Waals surface area contributed by atoms with Crippen molar-refractivity contribution >= 4 is 34.7 Å². The van der Waals surface area contributed by atoms with E-state index in [1.165, 1.54) is 16.6 Å². The molecule has 0 aliphatic rings. The van der Waals surface area contributed by atoms with Crippen molar-refractivity contribution in [3.63, 3.8) is 0 Å². The number of anilines is 2. The van der Waals surface area contributed by atoms with E-state index < -0.39 is 0 Å². The van der Waals surface area contributed by atoms with Crippen molar-refractivity contribution in [2.75, 3.05) is 17.3 Å². The van der Waals surface area contributed by atoms with E-state index in [1.807, 2.05) is 19.4 Å². The number of aromatic nitrogens is 3. The van der Waals surface area contributed by atoms with Gasteiger partial charge in [0.05, 0.1) is 6.54 Å². The Morgan fingerprint density at radius 1 is 1.47 bits per heavy atom. The molecule has 0 atom stereocenters. The van der Waals surface area contributed by atoms with Crippen LogP contribution in [0.1, 0.15) is 9.88 Å². The van der Waals surface area contributed by atoms with Crippen LogP contribution in [-0.2, 0) is 6.54 Å². The molecule has 0 spiro atoms. The Morgan fingerprint density at radius 3 is 2.94 bits per heavy atom. The van der Waals surface area contributed by atoms with Crippen molar-refractivity contribution in [2.45, 2.75) is 18.6 Å². The van der Waals surface area contributed by atoms with Crippen molar-refractivity contribution in [1.82, 2.24) is 15.0 Å². The van der Waals surface area contributed by atoms with E-state index in [2.05, 4.69) is 20.3 Å². The maximum Gasteiger partial charge on any atom is 0.191 e. The molecule has 0 amide bonds. The predicted octanol–water partition coefficient (Wildman–Crippen LogP) is 2.16. The molecule has 90 valence electrons. The van der Waals surface area contributed by atoms with E-state index in [0.29, 0.717) is 17.5 Å². The third-order valence-corrected chi connectivity index (χ3v) is 3.46. The normalized spacial score (nSPS) is 10.5. The van der Waals surface area contributed by atoms with Crippen LogP contribution in [0, 0.1) is 6.92 Å². The molecule has 0 bridgehead atoms. The highest BCUT2D eigenvalue weighted by Crippen LogP contribution is 2.17. The standard InChI is InChI=1S/C10H13N5S2/c1-6-4-13-9(17-6)5-12-8-3-7(11)14-10(15-8)16-2/h3-4H,5H2,1-2H3,(H3,11,12,14,15). The van der Waals surface area contributed by atoms with E-state index in [4.69, 9.17) is 5.73 Å². The van der Waals surface area contributed by atoms with Gasteiger partial charge in [0, 0.05) is 17.1 Å². The summed E-state index contributed by atoms with van der Waals surface area (Å²) in [5.74, 6) is 1.21. The molecule has 5 nitrogen and oxygen atoms in total. The second-order valence-electron chi connectivity index (χ2n) is 3.38. The van der Waals surface area contributed by atoms with Gasteiger partial charge in [-0.05, 0) is 13.2 Å². The molecular weight excluding hydrogens is 254 g/mol. The Kier molecular flexibility index (Phi) is 3.80. The lowest BCUT2D eigenvalue weighted by Gasteiger charge is -2.05. The number of nitrogens with zero attached hydrogens (tertiary/aromatic N) is 3. The van der Waals surface area contributed by atoms with Gasteiger partial charge in [-0.1, -0.05) is 11.8 Å². The molecule has 0 unspecified atom stereocenters. The molecule has 0 aliphatic heterocycles. The van der Waals surface area contributed by atoms with E-state index in [1.54, 1.807) is 17.4 Å². The minimum atomic E-state index is 0.474. The Balaban J connectivity index is 2.05. The minimum absolute atomic E-state index is 0.474. The Bertz CT molecular complexity index is 511. The van der Waals surface area contributed by atoms with Crippen LogP contribution in [0.2, 0.25) is 0 Å². The number of thioether (sulfide) groups is 1. The van der Waals surface area contributed by atoms with Gasteiger partial charge in [0.25, 0.3) is 0 Å². The summed E-state index contributed by atoms with van der Waals surface area (Å²) in [6, 6.07) is 1.72. The van der Waals surface area contributed by atoms with Gasteiger partial charge in [-0.25, -0.2) is 15.0 Å².